The van der Waals surface area contributed by atoms with Crippen molar-refractivity contribution in [1.29, 1.82) is 0 Å². The lowest BCUT2D eigenvalue weighted by Gasteiger charge is -2.16. The number of aromatic amines is 1. The van der Waals surface area contributed by atoms with E-state index in [9.17, 15) is 0 Å². The first-order valence-corrected chi connectivity index (χ1v) is 5.45. The number of aromatic nitrogens is 2. The van der Waals surface area contributed by atoms with Crippen LogP contribution in [0.15, 0.2) is 36.4 Å². The maximum Gasteiger partial charge on any atom is 0.0797 e. The first kappa shape index (κ1) is 10.9. The van der Waals surface area contributed by atoms with Crippen LogP contribution in [0.2, 0.25) is 0 Å². The summed E-state index contributed by atoms with van der Waals surface area (Å²) in [5, 5.41) is 7.43. The lowest BCUT2D eigenvalue weighted by Crippen LogP contribution is -2.16. The van der Waals surface area contributed by atoms with Gasteiger partial charge >= 0.3 is 0 Å². The van der Waals surface area contributed by atoms with Crippen molar-refractivity contribution in [3.8, 4) is 11.3 Å². The normalized spacial score (nSPS) is 13.0. The van der Waals surface area contributed by atoms with E-state index in [-0.39, 0.29) is 0 Å². The van der Waals surface area contributed by atoms with Gasteiger partial charge in [0.05, 0.1) is 17.4 Å². The molecule has 0 amide bonds. The van der Waals surface area contributed by atoms with E-state index < -0.39 is 0 Å². The van der Waals surface area contributed by atoms with E-state index in [1.165, 1.54) is 5.56 Å². The molecule has 0 fully saturated rings. The van der Waals surface area contributed by atoms with E-state index in [1.807, 2.05) is 18.2 Å². The summed E-state index contributed by atoms with van der Waals surface area (Å²) in [6, 6.07) is 12.7. The van der Waals surface area contributed by atoms with Gasteiger partial charge in [-0.05, 0) is 32.6 Å². The summed E-state index contributed by atoms with van der Waals surface area (Å²) in [6.07, 6.45) is 0. The Bertz CT molecular complexity index is 445. The fourth-order valence-corrected chi connectivity index (χ4v) is 1.58. The SMILES string of the molecule is CC(c1cc(-c2ccccc2)[nH]n1)N(C)C. The molecular weight excluding hydrogens is 198 g/mol. The Kier molecular flexibility index (Phi) is 3.06. The van der Waals surface area contributed by atoms with Crippen molar-refractivity contribution in [3.05, 3.63) is 42.1 Å². The molecule has 1 unspecified atom stereocenters. The van der Waals surface area contributed by atoms with Crippen molar-refractivity contribution in [2.24, 2.45) is 0 Å². The molecule has 16 heavy (non-hydrogen) atoms. The predicted octanol–water partition coefficient (Wildman–Crippen LogP) is 2.70. The molecule has 0 aliphatic heterocycles. The van der Waals surface area contributed by atoms with Crippen molar-refractivity contribution in [2.45, 2.75) is 13.0 Å². The molecule has 1 N–H and O–H groups in total. The molecule has 0 aliphatic carbocycles. The molecule has 1 heterocycles. The van der Waals surface area contributed by atoms with Crippen molar-refractivity contribution in [2.75, 3.05) is 14.1 Å². The second kappa shape index (κ2) is 4.49. The summed E-state index contributed by atoms with van der Waals surface area (Å²) in [4.78, 5) is 2.14. The molecule has 0 radical (unpaired) electrons. The third kappa shape index (κ3) is 2.14. The minimum Gasteiger partial charge on any atom is -0.301 e. The Morgan fingerprint density at radius 3 is 2.50 bits per heavy atom. The average molecular weight is 215 g/mol. The molecule has 0 spiro atoms. The van der Waals surface area contributed by atoms with Gasteiger partial charge in [0, 0.05) is 0 Å². The highest BCUT2D eigenvalue weighted by atomic mass is 15.2. The molecular formula is C13H17N3. The van der Waals surface area contributed by atoms with Crippen LogP contribution in [-0.4, -0.2) is 29.2 Å². The Balaban J connectivity index is 2.27. The number of rotatable bonds is 3. The van der Waals surface area contributed by atoms with Gasteiger partial charge in [0.2, 0.25) is 0 Å². The smallest absolute Gasteiger partial charge is 0.0797 e. The monoisotopic (exact) mass is 215 g/mol. The highest BCUT2D eigenvalue weighted by Crippen LogP contribution is 2.21. The van der Waals surface area contributed by atoms with Crippen LogP contribution in [0.4, 0.5) is 0 Å². The van der Waals surface area contributed by atoms with Gasteiger partial charge < -0.3 is 4.90 Å². The molecule has 84 valence electrons. The second-order valence-electron chi connectivity index (χ2n) is 4.21. The summed E-state index contributed by atoms with van der Waals surface area (Å²) < 4.78 is 0. The van der Waals surface area contributed by atoms with Crippen LogP contribution >= 0.6 is 0 Å². The molecule has 3 nitrogen and oxygen atoms in total. The van der Waals surface area contributed by atoms with Gasteiger partial charge in [-0.2, -0.15) is 5.10 Å². The summed E-state index contributed by atoms with van der Waals surface area (Å²) >= 11 is 0. The van der Waals surface area contributed by atoms with Gasteiger partial charge in [0.1, 0.15) is 0 Å². The van der Waals surface area contributed by atoms with Crippen molar-refractivity contribution in [1.82, 2.24) is 15.1 Å². The molecule has 2 rings (SSSR count). The molecule has 0 aliphatic rings. The number of hydrogen-bond acceptors (Lipinski definition) is 2. The maximum absolute atomic E-state index is 4.35. The zero-order chi connectivity index (χ0) is 11.5. The van der Waals surface area contributed by atoms with E-state index in [0.717, 1.165) is 11.4 Å². The molecule has 1 aromatic carbocycles. The molecule has 2 aromatic rings. The molecule has 0 bridgehead atoms. The van der Waals surface area contributed by atoms with E-state index in [1.54, 1.807) is 0 Å². The molecule has 1 atom stereocenters. The van der Waals surface area contributed by atoms with Crippen LogP contribution < -0.4 is 0 Å². The number of benzene rings is 1. The van der Waals surface area contributed by atoms with Crippen LogP contribution in [0.25, 0.3) is 11.3 Å². The van der Waals surface area contributed by atoms with Gasteiger partial charge in [-0.15, -0.1) is 0 Å². The zero-order valence-electron chi connectivity index (χ0n) is 9.94. The van der Waals surface area contributed by atoms with Crippen LogP contribution in [0.5, 0.6) is 0 Å². The van der Waals surface area contributed by atoms with Crippen LogP contribution in [-0.2, 0) is 0 Å². The lowest BCUT2D eigenvalue weighted by atomic mass is 10.1. The van der Waals surface area contributed by atoms with Crippen molar-refractivity contribution >= 4 is 0 Å². The maximum atomic E-state index is 4.35. The number of nitrogens with zero attached hydrogens (tertiary/aromatic N) is 2. The van der Waals surface area contributed by atoms with Gasteiger partial charge in [-0.25, -0.2) is 0 Å². The van der Waals surface area contributed by atoms with Crippen molar-refractivity contribution in [3.63, 3.8) is 0 Å². The summed E-state index contributed by atoms with van der Waals surface area (Å²) in [5.74, 6) is 0. The Morgan fingerprint density at radius 1 is 1.19 bits per heavy atom. The van der Waals surface area contributed by atoms with Crippen LogP contribution in [0.1, 0.15) is 18.7 Å². The van der Waals surface area contributed by atoms with Crippen molar-refractivity contribution < 1.29 is 0 Å². The number of nitrogens with one attached hydrogen (secondary N) is 1. The second-order valence-corrected chi connectivity index (χ2v) is 4.21. The fourth-order valence-electron chi connectivity index (χ4n) is 1.58. The minimum atomic E-state index is 0.328. The quantitative estimate of drug-likeness (QED) is 0.853. The highest BCUT2D eigenvalue weighted by Gasteiger charge is 2.11. The average Bonchev–Trinajstić information content (AvgIpc) is 2.78. The standard InChI is InChI=1S/C13H17N3/c1-10(16(2)3)12-9-13(15-14-12)11-7-5-4-6-8-11/h4-10H,1-3H3,(H,14,15). The molecule has 0 saturated heterocycles. The summed E-state index contributed by atoms with van der Waals surface area (Å²) in [6.45, 7) is 2.14. The highest BCUT2D eigenvalue weighted by molar-refractivity contribution is 5.59. The third-order valence-electron chi connectivity index (χ3n) is 2.89. The topological polar surface area (TPSA) is 31.9 Å². The minimum absolute atomic E-state index is 0.328. The van der Waals surface area contributed by atoms with E-state index in [0.29, 0.717) is 6.04 Å². The summed E-state index contributed by atoms with van der Waals surface area (Å²) in [7, 11) is 4.11. The Morgan fingerprint density at radius 2 is 1.88 bits per heavy atom. The number of H-pyrrole nitrogens is 1. The first-order valence-electron chi connectivity index (χ1n) is 5.45. The first-order chi connectivity index (χ1) is 7.68. The zero-order valence-corrected chi connectivity index (χ0v) is 9.94. The third-order valence-corrected chi connectivity index (χ3v) is 2.89. The van der Waals surface area contributed by atoms with E-state index in [4.69, 9.17) is 0 Å². The Labute approximate surface area is 96.1 Å². The van der Waals surface area contributed by atoms with E-state index >= 15 is 0 Å². The predicted molar refractivity (Wildman–Crippen MR) is 66.1 cm³/mol. The number of hydrogen-bond donors (Lipinski definition) is 1. The van der Waals surface area contributed by atoms with Gasteiger partial charge in [0.15, 0.2) is 0 Å². The van der Waals surface area contributed by atoms with Gasteiger partial charge in [0.25, 0.3) is 0 Å². The van der Waals surface area contributed by atoms with E-state index in [2.05, 4.69) is 54.3 Å². The van der Waals surface area contributed by atoms with Crippen LogP contribution in [0.3, 0.4) is 0 Å². The molecule has 1 aromatic heterocycles. The molecule has 3 heteroatoms. The lowest BCUT2D eigenvalue weighted by molar-refractivity contribution is 0.315. The summed E-state index contributed by atoms with van der Waals surface area (Å²) in [5.41, 5.74) is 3.32. The Hall–Kier alpha value is -1.61. The van der Waals surface area contributed by atoms with Gasteiger partial charge in [-0.3, -0.25) is 5.10 Å². The fraction of sp³-hybridized carbons (Fsp3) is 0.308. The largest absolute Gasteiger partial charge is 0.301 e. The molecule has 0 saturated carbocycles. The van der Waals surface area contributed by atoms with Gasteiger partial charge in [-0.1, -0.05) is 30.3 Å². The van der Waals surface area contributed by atoms with Crippen LogP contribution in [0, 0.1) is 0 Å².